The summed E-state index contributed by atoms with van der Waals surface area (Å²) in [7, 11) is -3.63. The van der Waals surface area contributed by atoms with Crippen LogP contribution in [0, 0.1) is 0 Å². The van der Waals surface area contributed by atoms with E-state index in [4.69, 9.17) is 23.2 Å². The number of benzene rings is 2. The Labute approximate surface area is 164 Å². The number of sulfonamides is 1. The Balaban J connectivity index is 1.73. The molecule has 0 spiro atoms. The molecule has 1 heterocycles. The zero-order chi connectivity index (χ0) is 18.7. The molecule has 0 aliphatic rings. The van der Waals surface area contributed by atoms with E-state index in [9.17, 15) is 13.2 Å². The minimum atomic E-state index is -3.63. The van der Waals surface area contributed by atoms with E-state index >= 15 is 0 Å². The standard InChI is InChI=1S/C17H12Cl2N2O3S2/c18-12-5-8-14(19)15(10-12)20-17(22)11-3-6-13(7-4-11)21-26(23,24)16-2-1-9-25-16/h1-10,21H,(H,20,22). The van der Waals surface area contributed by atoms with Gasteiger partial charge in [-0.1, -0.05) is 29.3 Å². The van der Waals surface area contributed by atoms with Crippen molar-refractivity contribution in [2.24, 2.45) is 0 Å². The number of carbonyl (C=O) groups is 1. The summed E-state index contributed by atoms with van der Waals surface area (Å²) in [6.45, 7) is 0. The van der Waals surface area contributed by atoms with Crippen LogP contribution < -0.4 is 10.0 Å². The van der Waals surface area contributed by atoms with Gasteiger partial charge in [0.1, 0.15) is 4.21 Å². The molecule has 2 N–H and O–H groups in total. The molecule has 2 aromatic carbocycles. The minimum Gasteiger partial charge on any atom is -0.321 e. The van der Waals surface area contributed by atoms with E-state index in [1.165, 1.54) is 30.3 Å². The SMILES string of the molecule is O=C(Nc1cc(Cl)ccc1Cl)c1ccc(NS(=O)(=O)c2cccs2)cc1. The van der Waals surface area contributed by atoms with Crippen molar-refractivity contribution in [2.75, 3.05) is 10.0 Å². The molecule has 1 amide bonds. The average Bonchev–Trinajstić information content (AvgIpc) is 3.14. The highest BCUT2D eigenvalue weighted by molar-refractivity contribution is 7.94. The van der Waals surface area contributed by atoms with Gasteiger partial charge in [-0.2, -0.15) is 0 Å². The third-order valence-corrected chi connectivity index (χ3v) is 6.68. The molecule has 0 unspecified atom stereocenters. The molecular weight excluding hydrogens is 415 g/mol. The normalized spacial score (nSPS) is 11.2. The Morgan fingerprint density at radius 1 is 1.00 bits per heavy atom. The largest absolute Gasteiger partial charge is 0.321 e. The van der Waals surface area contributed by atoms with Crippen LogP contribution in [-0.2, 0) is 10.0 Å². The van der Waals surface area contributed by atoms with Gasteiger partial charge in [-0.3, -0.25) is 9.52 Å². The van der Waals surface area contributed by atoms with Gasteiger partial charge in [-0.15, -0.1) is 11.3 Å². The van der Waals surface area contributed by atoms with Crippen molar-refractivity contribution >= 4 is 61.8 Å². The molecule has 5 nitrogen and oxygen atoms in total. The second kappa shape index (κ2) is 7.67. The fourth-order valence-electron chi connectivity index (χ4n) is 2.10. The van der Waals surface area contributed by atoms with Crippen molar-refractivity contribution in [3.63, 3.8) is 0 Å². The highest BCUT2D eigenvalue weighted by atomic mass is 35.5. The zero-order valence-electron chi connectivity index (χ0n) is 13.1. The van der Waals surface area contributed by atoms with Crippen LogP contribution >= 0.6 is 34.5 Å². The van der Waals surface area contributed by atoms with Gasteiger partial charge < -0.3 is 5.32 Å². The summed E-state index contributed by atoms with van der Waals surface area (Å²) in [5, 5.41) is 5.16. The van der Waals surface area contributed by atoms with Crippen LogP contribution in [0.15, 0.2) is 64.2 Å². The quantitative estimate of drug-likeness (QED) is 0.594. The van der Waals surface area contributed by atoms with Crippen molar-refractivity contribution in [3.05, 3.63) is 75.6 Å². The Kier molecular flexibility index (Phi) is 5.52. The number of thiophene rings is 1. The topological polar surface area (TPSA) is 75.3 Å². The van der Waals surface area contributed by atoms with E-state index in [0.717, 1.165) is 11.3 Å². The molecule has 9 heteroatoms. The van der Waals surface area contributed by atoms with Gasteiger partial charge in [0.15, 0.2) is 0 Å². The molecule has 3 aromatic rings. The van der Waals surface area contributed by atoms with Crippen LogP contribution in [0.25, 0.3) is 0 Å². The van der Waals surface area contributed by atoms with Gasteiger partial charge in [-0.25, -0.2) is 8.42 Å². The summed E-state index contributed by atoms with van der Waals surface area (Å²) in [6.07, 6.45) is 0. The third-order valence-electron chi connectivity index (χ3n) is 3.34. The monoisotopic (exact) mass is 426 g/mol. The molecule has 0 bridgehead atoms. The minimum absolute atomic E-state index is 0.218. The fourth-order valence-corrected chi connectivity index (χ4v) is 4.49. The van der Waals surface area contributed by atoms with Crippen molar-refractivity contribution in [1.82, 2.24) is 0 Å². The molecule has 3 rings (SSSR count). The Hall–Kier alpha value is -2.06. The number of halogens is 2. The first-order valence-electron chi connectivity index (χ1n) is 7.28. The lowest BCUT2D eigenvalue weighted by Crippen LogP contribution is -2.13. The molecule has 134 valence electrons. The number of hydrogen-bond acceptors (Lipinski definition) is 4. The van der Waals surface area contributed by atoms with E-state index < -0.39 is 10.0 Å². The predicted molar refractivity (Wildman–Crippen MR) is 106 cm³/mol. The number of amides is 1. The first kappa shape index (κ1) is 18.7. The predicted octanol–water partition coefficient (Wildman–Crippen LogP) is 5.11. The number of carbonyl (C=O) groups excluding carboxylic acids is 1. The van der Waals surface area contributed by atoms with Gasteiger partial charge in [0.2, 0.25) is 0 Å². The summed E-state index contributed by atoms with van der Waals surface area (Å²) in [5.41, 5.74) is 1.10. The van der Waals surface area contributed by atoms with Gasteiger partial charge in [0.25, 0.3) is 15.9 Å². The maximum absolute atomic E-state index is 12.3. The summed E-state index contributed by atoms with van der Waals surface area (Å²) in [4.78, 5) is 12.3. The van der Waals surface area contributed by atoms with E-state index in [2.05, 4.69) is 10.0 Å². The van der Waals surface area contributed by atoms with Gasteiger partial charge >= 0.3 is 0 Å². The summed E-state index contributed by atoms with van der Waals surface area (Å²) in [5.74, 6) is -0.387. The molecule has 26 heavy (non-hydrogen) atoms. The Morgan fingerprint density at radius 2 is 1.73 bits per heavy atom. The maximum Gasteiger partial charge on any atom is 0.271 e. The van der Waals surface area contributed by atoms with Gasteiger partial charge in [-0.05, 0) is 53.9 Å². The van der Waals surface area contributed by atoms with Crippen LogP contribution in [0.4, 0.5) is 11.4 Å². The first-order chi connectivity index (χ1) is 12.3. The van der Waals surface area contributed by atoms with Crippen molar-refractivity contribution in [3.8, 4) is 0 Å². The molecule has 0 aliphatic heterocycles. The second-order valence-electron chi connectivity index (χ2n) is 5.19. The third kappa shape index (κ3) is 4.37. The second-order valence-corrected chi connectivity index (χ2v) is 8.89. The average molecular weight is 427 g/mol. The molecule has 0 radical (unpaired) electrons. The van der Waals surface area contributed by atoms with E-state index in [-0.39, 0.29) is 10.1 Å². The number of nitrogens with one attached hydrogen (secondary N) is 2. The zero-order valence-corrected chi connectivity index (χ0v) is 16.2. The molecule has 0 atom stereocenters. The highest BCUT2D eigenvalue weighted by Crippen LogP contribution is 2.26. The van der Waals surface area contributed by atoms with Crippen LogP contribution in [0.3, 0.4) is 0 Å². The maximum atomic E-state index is 12.3. The summed E-state index contributed by atoms with van der Waals surface area (Å²) in [6, 6.07) is 14.0. The Bertz CT molecular complexity index is 1030. The molecule has 0 saturated heterocycles. The lowest BCUT2D eigenvalue weighted by molar-refractivity contribution is 0.102. The van der Waals surface area contributed by atoms with Crippen LogP contribution in [0.2, 0.25) is 10.0 Å². The van der Waals surface area contributed by atoms with Crippen molar-refractivity contribution in [2.45, 2.75) is 4.21 Å². The van der Waals surface area contributed by atoms with Crippen molar-refractivity contribution in [1.29, 1.82) is 0 Å². The number of rotatable bonds is 5. The van der Waals surface area contributed by atoms with E-state index in [1.54, 1.807) is 29.6 Å². The van der Waals surface area contributed by atoms with Gasteiger partial charge in [0.05, 0.1) is 10.7 Å². The first-order valence-corrected chi connectivity index (χ1v) is 10.4. The van der Waals surface area contributed by atoms with Crippen LogP contribution in [-0.4, -0.2) is 14.3 Å². The molecule has 0 fully saturated rings. The molecule has 1 aromatic heterocycles. The smallest absolute Gasteiger partial charge is 0.271 e. The summed E-state index contributed by atoms with van der Waals surface area (Å²) < 4.78 is 27.1. The molecular formula is C17H12Cl2N2O3S2. The molecule has 0 aliphatic carbocycles. The van der Waals surface area contributed by atoms with E-state index in [0.29, 0.717) is 27.0 Å². The lowest BCUT2D eigenvalue weighted by Gasteiger charge is -2.09. The van der Waals surface area contributed by atoms with Crippen LogP contribution in [0.1, 0.15) is 10.4 Å². The molecule has 0 saturated carbocycles. The lowest BCUT2D eigenvalue weighted by atomic mass is 10.2. The van der Waals surface area contributed by atoms with Crippen LogP contribution in [0.5, 0.6) is 0 Å². The van der Waals surface area contributed by atoms with Crippen molar-refractivity contribution < 1.29 is 13.2 Å². The van der Waals surface area contributed by atoms with E-state index in [1.807, 2.05) is 0 Å². The number of hydrogen-bond donors (Lipinski definition) is 2. The Morgan fingerprint density at radius 3 is 2.38 bits per heavy atom. The summed E-state index contributed by atoms with van der Waals surface area (Å²) >= 11 is 13.0. The number of anilines is 2. The van der Waals surface area contributed by atoms with Gasteiger partial charge in [0, 0.05) is 16.3 Å². The fraction of sp³-hybridized carbons (Fsp3) is 0. The highest BCUT2D eigenvalue weighted by Gasteiger charge is 2.15.